The molecule has 18 heteroatoms. The van der Waals surface area contributed by atoms with Gasteiger partial charge in [0.25, 0.3) is 0 Å². The van der Waals surface area contributed by atoms with Crippen LogP contribution in [-0.2, 0) is 0 Å². The molecule has 182 valence electrons. The summed E-state index contributed by atoms with van der Waals surface area (Å²) in [6.07, 6.45) is -10.0. The maximum atomic E-state index is 13.4. The van der Waals surface area contributed by atoms with Crippen molar-refractivity contribution in [2.75, 3.05) is 0 Å². The molecule has 0 aromatic rings. The SMILES string of the molecule is C[SiH](C)CCC(F)(F)C(F)(F)C(F)(F)C(F)(F)C(F)(F)C(F)(F)C(F)(F)C(F)(F)F. The molecule has 0 N–H and O–H groups in total. The summed E-state index contributed by atoms with van der Waals surface area (Å²) < 4.78 is 220. The zero-order valence-corrected chi connectivity index (χ0v) is 15.6. The molecule has 0 aliphatic carbocycles. The van der Waals surface area contributed by atoms with Gasteiger partial charge in [-0.1, -0.05) is 19.1 Å². The van der Waals surface area contributed by atoms with Crippen molar-refractivity contribution >= 4 is 8.80 Å². The van der Waals surface area contributed by atoms with E-state index >= 15 is 0 Å². The van der Waals surface area contributed by atoms with Gasteiger partial charge in [-0.25, -0.2) is 0 Å². The minimum atomic E-state index is -8.56. The fourth-order valence-electron chi connectivity index (χ4n) is 1.82. The summed E-state index contributed by atoms with van der Waals surface area (Å²) in [6.45, 7) is 2.35. The monoisotopic (exact) mass is 506 g/mol. The molecule has 0 heterocycles. The zero-order valence-electron chi connectivity index (χ0n) is 14.4. The van der Waals surface area contributed by atoms with Crippen molar-refractivity contribution in [3.63, 3.8) is 0 Å². The first-order chi connectivity index (χ1) is 12.7. The summed E-state index contributed by atoms with van der Waals surface area (Å²) in [4.78, 5) is 0. The van der Waals surface area contributed by atoms with Crippen LogP contribution in [0.25, 0.3) is 0 Å². The van der Waals surface area contributed by atoms with Gasteiger partial charge in [-0.15, -0.1) is 0 Å². The van der Waals surface area contributed by atoms with Crippen molar-refractivity contribution in [3.05, 3.63) is 0 Å². The Balaban J connectivity index is 6.55. The van der Waals surface area contributed by atoms with E-state index in [0.29, 0.717) is 0 Å². The van der Waals surface area contributed by atoms with Gasteiger partial charge in [0.1, 0.15) is 0 Å². The van der Waals surface area contributed by atoms with Crippen LogP contribution in [0.5, 0.6) is 0 Å². The van der Waals surface area contributed by atoms with Crippen LogP contribution in [0.15, 0.2) is 0 Å². The number of hydrogen-bond acceptors (Lipinski definition) is 0. The quantitative estimate of drug-likeness (QED) is 0.237. The lowest BCUT2D eigenvalue weighted by Crippen LogP contribution is -2.74. The molecule has 0 amide bonds. The van der Waals surface area contributed by atoms with Gasteiger partial charge < -0.3 is 0 Å². The average molecular weight is 506 g/mol. The molecule has 0 unspecified atom stereocenters. The van der Waals surface area contributed by atoms with Crippen LogP contribution in [-0.4, -0.2) is 56.4 Å². The fourth-order valence-corrected chi connectivity index (χ4v) is 2.76. The van der Waals surface area contributed by atoms with Crippen molar-refractivity contribution in [1.29, 1.82) is 0 Å². The largest absolute Gasteiger partial charge is 0.460 e. The van der Waals surface area contributed by atoms with Gasteiger partial charge in [-0.3, -0.25) is 0 Å². The highest BCUT2D eigenvalue weighted by atomic mass is 28.3. The average Bonchev–Trinajstić information content (AvgIpc) is 2.50. The highest BCUT2D eigenvalue weighted by Gasteiger charge is 2.95. The van der Waals surface area contributed by atoms with E-state index in [-0.39, 0.29) is 0 Å². The van der Waals surface area contributed by atoms with Crippen molar-refractivity contribution in [2.24, 2.45) is 0 Å². The number of hydrogen-bond donors (Lipinski definition) is 0. The van der Waals surface area contributed by atoms with E-state index in [0.717, 1.165) is 0 Å². The molecule has 0 saturated heterocycles. The summed E-state index contributed by atoms with van der Waals surface area (Å²) in [5.41, 5.74) is 0. The Hall–Kier alpha value is -0.973. The van der Waals surface area contributed by atoms with Crippen LogP contribution >= 0.6 is 0 Å². The second-order valence-electron chi connectivity index (χ2n) is 6.58. The molecule has 0 aliphatic rings. The topological polar surface area (TPSA) is 0 Å². The van der Waals surface area contributed by atoms with Gasteiger partial charge in [0.05, 0.1) is 0 Å². The van der Waals surface area contributed by atoms with Crippen LogP contribution in [0.4, 0.5) is 74.6 Å². The Morgan fingerprint density at radius 2 is 0.700 bits per heavy atom. The van der Waals surface area contributed by atoms with Crippen LogP contribution in [0.2, 0.25) is 19.1 Å². The number of alkyl halides is 17. The maximum absolute atomic E-state index is 13.4. The Kier molecular flexibility index (Phi) is 7.32. The molecule has 0 fully saturated rings. The van der Waals surface area contributed by atoms with E-state index in [1.165, 1.54) is 13.1 Å². The third-order valence-corrected chi connectivity index (χ3v) is 5.27. The van der Waals surface area contributed by atoms with Crippen molar-refractivity contribution < 1.29 is 74.6 Å². The predicted molar refractivity (Wildman–Crippen MR) is 69.0 cm³/mol. The highest BCUT2D eigenvalue weighted by molar-refractivity contribution is 6.55. The van der Waals surface area contributed by atoms with E-state index in [1.54, 1.807) is 0 Å². The summed E-state index contributed by atoms with van der Waals surface area (Å²) >= 11 is 0. The second-order valence-corrected chi connectivity index (χ2v) is 9.95. The molecule has 0 bridgehead atoms. The van der Waals surface area contributed by atoms with Gasteiger partial charge in [0, 0.05) is 15.2 Å². The summed E-state index contributed by atoms with van der Waals surface area (Å²) in [6, 6.07) is -0.969. The molecule has 0 radical (unpaired) electrons. The fraction of sp³-hybridized carbons (Fsp3) is 1.00. The van der Waals surface area contributed by atoms with Crippen molar-refractivity contribution in [2.45, 2.75) is 73.2 Å². The van der Waals surface area contributed by atoms with Gasteiger partial charge in [-0.2, -0.15) is 74.6 Å². The Morgan fingerprint density at radius 1 is 0.433 bits per heavy atom. The number of rotatable bonds is 9. The van der Waals surface area contributed by atoms with Crippen molar-refractivity contribution in [3.8, 4) is 0 Å². The molecule has 0 atom stereocenters. The standard InChI is InChI=1S/C12H11F17Si/c1-30(2)4-3-5(13,14)6(15,16)7(17,18)8(19,20)9(21,22)10(23,24)11(25,26)12(27,28)29/h30H,3-4H2,1-2H3. The first-order valence-corrected chi connectivity index (χ1v) is 10.5. The minimum absolute atomic E-state index is 0.969. The van der Waals surface area contributed by atoms with Crippen LogP contribution in [0.3, 0.4) is 0 Å². The zero-order chi connectivity index (χ0) is 25.0. The Bertz CT molecular complexity index is 602. The molecule has 30 heavy (non-hydrogen) atoms. The second kappa shape index (κ2) is 7.56. The van der Waals surface area contributed by atoms with Gasteiger partial charge in [0.15, 0.2) is 0 Å². The lowest BCUT2D eigenvalue weighted by atomic mass is 9.88. The molecule has 0 aliphatic heterocycles. The Labute approximate surface area is 158 Å². The molecule has 0 aromatic heterocycles. The third-order valence-electron chi connectivity index (χ3n) is 3.82. The first-order valence-electron chi connectivity index (χ1n) is 7.38. The van der Waals surface area contributed by atoms with Gasteiger partial charge in [0.2, 0.25) is 0 Å². The predicted octanol–water partition coefficient (Wildman–Crippen LogP) is 6.87. The number of halogens is 17. The third kappa shape index (κ3) is 3.96. The molecule has 0 aromatic carbocycles. The lowest BCUT2D eigenvalue weighted by molar-refractivity contribution is -0.461. The molecule has 0 nitrogen and oxygen atoms in total. The van der Waals surface area contributed by atoms with Gasteiger partial charge >= 0.3 is 47.6 Å². The summed E-state index contributed by atoms with van der Waals surface area (Å²) in [5.74, 6) is -55.6. The molecule has 0 spiro atoms. The van der Waals surface area contributed by atoms with Crippen molar-refractivity contribution in [1.82, 2.24) is 0 Å². The van der Waals surface area contributed by atoms with Gasteiger partial charge in [-0.05, 0) is 0 Å². The molecular weight excluding hydrogens is 495 g/mol. The lowest BCUT2D eigenvalue weighted by Gasteiger charge is -2.42. The molecule has 0 saturated carbocycles. The van der Waals surface area contributed by atoms with Crippen LogP contribution in [0, 0.1) is 0 Å². The molecular formula is C12H11F17Si. The smallest absolute Gasteiger partial charge is 0.200 e. The van der Waals surface area contributed by atoms with Crippen LogP contribution in [0.1, 0.15) is 6.42 Å². The Morgan fingerprint density at radius 3 is 0.967 bits per heavy atom. The maximum Gasteiger partial charge on any atom is 0.460 e. The van der Waals surface area contributed by atoms with E-state index in [4.69, 9.17) is 0 Å². The highest BCUT2D eigenvalue weighted by Crippen LogP contribution is 2.64. The van der Waals surface area contributed by atoms with Crippen LogP contribution < -0.4 is 0 Å². The van der Waals surface area contributed by atoms with E-state index in [1.807, 2.05) is 0 Å². The molecule has 0 rings (SSSR count). The summed E-state index contributed by atoms with van der Waals surface area (Å²) in [7, 11) is -2.28. The normalized spacial score (nSPS) is 16.4. The van der Waals surface area contributed by atoms with E-state index in [9.17, 15) is 74.6 Å². The first kappa shape index (κ1) is 29.0. The van der Waals surface area contributed by atoms with E-state index in [2.05, 4.69) is 0 Å². The minimum Gasteiger partial charge on any atom is -0.200 e. The summed E-state index contributed by atoms with van der Waals surface area (Å²) in [5, 5.41) is 0. The van der Waals surface area contributed by atoms with E-state index < -0.39 is 68.9 Å².